The molecule has 0 fully saturated rings. The SMILES string of the molecule is Cc1cnn(CC(=O)NCCc2ccc(C(=O)O)cc2)c1. The zero-order valence-electron chi connectivity index (χ0n) is 11.7. The van der Waals surface area contributed by atoms with Gasteiger partial charge < -0.3 is 10.4 Å². The van der Waals surface area contributed by atoms with E-state index in [1.54, 1.807) is 35.1 Å². The summed E-state index contributed by atoms with van der Waals surface area (Å²) in [6.07, 6.45) is 4.17. The summed E-state index contributed by atoms with van der Waals surface area (Å²) >= 11 is 0. The van der Waals surface area contributed by atoms with E-state index >= 15 is 0 Å². The minimum atomic E-state index is -0.940. The molecular weight excluding hydrogens is 270 g/mol. The van der Waals surface area contributed by atoms with Crippen LogP contribution in [0.5, 0.6) is 0 Å². The molecule has 2 N–H and O–H groups in total. The van der Waals surface area contributed by atoms with Gasteiger partial charge in [0.25, 0.3) is 0 Å². The molecule has 6 heteroatoms. The van der Waals surface area contributed by atoms with Gasteiger partial charge in [0.05, 0.1) is 11.8 Å². The minimum Gasteiger partial charge on any atom is -0.478 e. The number of carboxylic acids is 1. The van der Waals surface area contributed by atoms with Gasteiger partial charge in [0, 0.05) is 12.7 Å². The second kappa shape index (κ2) is 6.69. The lowest BCUT2D eigenvalue weighted by atomic mass is 10.1. The minimum absolute atomic E-state index is 0.0970. The number of nitrogens with one attached hydrogen (secondary N) is 1. The average Bonchev–Trinajstić information content (AvgIpc) is 2.84. The van der Waals surface area contributed by atoms with Gasteiger partial charge >= 0.3 is 5.97 Å². The molecule has 0 bridgehead atoms. The fourth-order valence-electron chi connectivity index (χ4n) is 1.92. The predicted molar refractivity (Wildman–Crippen MR) is 77.1 cm³/mol. The quantitative estimate of drug-likeness (QED) is 0.837. The van der Waals surface area contributed by atoms with Crippen molar-refractivity contribution >= 4 is 11.9 Å². The summed E-state index contributed by atoms with van der Waals surface area (Å²) in [6.45, 7) is 2.62. The Morgan fingerprint density at radius 3 is 2.57 bits per heavy atom. The number of nitrogens with zero attached hydrogens (tertiary/aromatic N) is 2. The normalized spacial score (nSPS) is 10.3. The molecule has 0 unspecified atom stereocenters. The van der Waals surface area contributed by atoms with Crippen LogP contribution in [0.4, 0.5) is 0 Å². The van der Waals surface area contributed by atoms with E-state index in [-0.39, 0.29) is 18.0 Å². The highest BCUT2D eigenvalue weighted by molar-refractivity contribution is 5.87. The Morgan fingerprint density at radius 2 is 2.00 bits per heavy atom. The van der Waals surface area contributed by atoms with Crippen LogP contribution in [0, 0.1) is 6.92 Å². The van der Waals surface area contributed by atoms with Crippen LogP contribution in [0.3, 0.4) is 0 Å². The summed E-state index contributed by atoms with van der Waals surface area (Å²) in [5.41, 5.74) is 2.26. The maximum Gasteiger partial charge on any atom is 0.335 e. The van der Waals surface area contributed by atoms with Gasteiger partial charge in [0.1, 0.15) is 6.54 Å². The topological polar surface area (TPSA) is 84.2 Å². The number of rotatable bonds is 6. The number of benzene rings is 1. The second-order valence-corrected chi connectivity index (χ2v) is 4.82. The summed E-state index contributed by atoms with van der Waals surface area (Å²) < 4.78 is 1.59. The van der Waals surface area contributed by atoms with Crippen molar-refractivity contribution in [3.63, 3.8) is 0 Å². The zero-order chi connectivity index (χ0) is 15.2. The van der Waals surface area contributed by atoms with Crippen LogP contribution in [0.1, 0.15) is 21.5 Å². The van der Waals surface area contributed by atoms with Crippen LogP contribution in [-0.2, 0) is 17.8 Å². The Kier molecular flexibility index (Phi) is 4.71. The van der Waals surface area contributed by atoms with Crippen LogP contribution in [0.15, 0.2) is 36.7 Å². The third kappa shape index (κ3) is 4.45. The molecule has 21 heavy (non-hydrogen) atoms. The lowest BCUT2D eigenvalue weighted by Crippen LogP contribution is -2.29. The van der Waals surface area contributed by atoms with Crippen molar-refractivity contribution in [2.75, 3.05) is 6.54 Å². The van der Waals surface area contributed by atoms with Gasteiger partial charge in [-0.25, -0.2) is 4.79 Å². The van der Waals surface area contributed by atoms with E-state index in [0.29, 0.717) is 13.0 Å². The number of hydrogen-bond acceptors (Lipinski definition) is 3. The molecule has 110 valence electrons. The molecule has 0 aliphatic rings. The summed E-state index contributed by atoms with van der Waals surface area (Å²) in [6, 6.07) is 6.64. The van der Waals surface area contributed by atoms with Crippen molar-refractivity contribution in [1.82, 2.24) is 15.1 Å². The smallest absolute Gasteiger partial charge is 0.335 e. The first-order valence-corrected chi connectivity index (χ1v) is 6.62. The number of aryl methyl sites for hydroxylation is 1. The molecule has 2 rings (SSSR count). The molecule has 0 atom stereocenters. The Hall–Kier alpha value is -2.63. The molecule has 0 saturated heterocycles. The Morgan fingerprint density at radius 1 is 1.29 bits per heavy atom. The maximum atomic E-state index is 11.7. The highest BCUT2D eigenvalue weighted by Crippen LogP contribution is 2.04. The average molecular weight is 287 g/mol. The lowest BCUT2D eigenvalue weighted by Gasteiger charge is -2.06. The molecule has 2 aromatic rings. The first-order valence-electron chi connectivity index (χ1n) is 6.62. The van der Waals surface area contributed by atoms with E-state index in [1.165, 1.54) is 0 Å². The van der Waals surface area contributed by atoms with Crippen molar-refractivity contribution < 1.29 is 14.7 Å². The molecule has 0 aliphatic carbocycles. The second-order valence-electron chi connectivity index (χ2n) is 4.82. The first-order chi connectivity index (χ1) is 10.0. The fourth-order valence-corrected chi connectivity index (χ4v) is 1.92. The van der Waals surface area contributed by atoms with E-state index in [1.807, 2.05) is 13.1 Å². The molecule has 0 aliphatic heterocycles. The molecule has 1 aromatic carbocycles. The number of carboxylic acid groups (broad SMARTS) is 1. The van der Waals surface area contributed by atoms with Gasteiger partial charge in [-0.2, -0.15) is 5.10 Å². The van der Waals surface area contributed by atoms with Gasteiger partial charge in [-0.1, -0.05) is 12.1 Å². The van der Waals surface area contributed by atoms with Crippen molar-refractivity contribution in [1.29, 1.82) is 0 Å². The van der Waals surface area contributed by atoms with E-state index < -0.39 is 5.97 Å². The molecular formula is C15H17N3O3. The summed E-state index contributed by atoms with van der Waals surface area (Å²) in [5.74, 6) is -1.04. The van der Waals surface area contributed by atoms with Gasteiger partial charge in [0.2, 0.25) is 5.91 Å². The predicted octanol–water partition coefficient (Wildman–Crippen LogP) is 1.25. The van der Waals surface area contributed by atoms with Crippen molar-refractivity contribution in [3.8, 4) is 0 Å². The highest BCUT2D eigenvalue weighted by atomic mass is 16.4. The van der Waals surface area contributed by atoms with Gasteiger partial charge in [-0.05, 0) is 36.6 Å². The van der Waals surface area contributed by atoms with Crippen LogP contribution in [0.2, 0.25) is 0 Å². The van der Waals surface area contributed by atoms with Gasteiger partial charge in [0.15, 0.2) is 0 Å². The number of aromatic carboxylic acids is 1. The number of hydrogen-bond donors (Lipinski definition) is 2. The number of carbonyl (C=O) groups excluding carboxylic acids is 1. The molecule has 0 radical (unpaired) electrons. The van der Waals surface area contributed by atoms with E-state index in [9.17, 15) is 9.59 Å². The van der Waals surface area contributed by atoms with Gasteiger partial charge in [-0.15, -0.1) is 0 Å². The monoisotopic (exact) mass is 287 g/mol. The summed E-state index contributed by atoms with van der Waals surface area (Å²) in [5, 5.41) is 15.7. The maximum absolute atomic E-state index is 11.7. The zero-order valence-corrected chi connectivity index (χ0v) is 11.7. The van der Waals surface area contributed by atoms with E-state index in [2.05, 4.69) is 10.4 Å². The molecule has 6 nitrogen and oxygen atoms in total. The van der Waals surface area contributed by atoms with E-state index in [4.69, 9.17) is 5.11 Å². The van der Waals surface area contributed by atoms with Crippen LogP contribution < -0.4 is 5.32 Å². The van der Waals surface area contributed by atoms with Crippen LogP contribution in [-0.4, -0.2) is 33.3 Å². The molecule has 1 heterocycles. The Bertz CT molecular complexity index is 632. The number of amides is 1. The van der Waals surface area contributed by atoms with Crippen molar-refractivity contribution in [2.24, 2.45) is 0 Å². The molecule has 0 saturated carbocycles. The Labute approximate surface area is 122 Å². The number of carbonyl (C=O) groups is 2. The lowest BCUT2D eigenvalue weighted by molar-refractivity contribution is -0.121. The van der Waals surface area contributed by atoms with E-state index in [0.717, 1.165) is 11.1 Å². The van der Waals surface area contributed by atoms with Gasteiger partial charge in [-0.3, -0.25) is 9.48 Å². The van der Waals surface area contributed by atoms with Crippen molar-refractivity contribution in [2.45, 2.75) is 19.9 Å². The van der Waals surface area contributed by atoms with Crippen LogP contribution in [0.25, 0.3) is 0 Å². The molecule has 1 aromatic heterocycles. The van der Waals surface area contributed by atoms with Crippen molar-refractivity contribution in [3.05, 3.63) is 53.3 Å². The highest BCUT2D eigenvalue weighted by Gasteiger charge is 2.04. The first kappa shape index (κ1) is 14.8. The molecule has 0 spiro atoms. The summed E-state index contributed by atoms with van der Waals surface area (Å²) in [4.78, 5) is 22.4. The standard InChI is InChI=1S/C15H17N3O3/c1-11-8-17-18(9-11)10-14(19)16-7-6-12-2-4-13(5-3-12)15(20)21/h2-5,8-9H,6-7,10H2,1H3,(H,16,19)(H,20,21). The third-order valence-electron chi connectivity index (χ3n) is 3.00. The largest absolute Gasteiger partial charge is 0.478 e. The Balaban J connectivity index is 1.76. The fraction of sp³-hybridized carbons (Fsp3) is 0.267. The molecule has 1 amide bonds. The number of aromatic nitrogens is 2. The summed E-state index contributed by atoms with van der Waals surface area (Å²) in [7, 11) is 0. The van der Waals surface area contributed by atoms with Crippen LogP contribution >= 0.6 is 0 Å². The third-order valence-corrected chi connectivity index (χ3v) is 3.00.